The smallest absolute Gasteiger partial charge is 0.267 e. The zero-order chi connectivity index (χ0) is 7.94. The third-order valence-electron chi connectivity index (χ3n) is 2.10. The quantitative estimate of drug-likeness (QED) is 0.374. The Labute approximate surface area is 59.4 Å². The molecule has 0 saturated carbocycles. The van der Waals surface area contributed by atoms with E-state index in [2.05, 4.69) is 5.32 Å². The summed E-state index contributed by atoms with van der Waals surface area (Å²) in [6.45, 7) is 1.74. The third-order valence-corrected chi connectivity index (χ3v) is 2.10. The molecule has 1 fully saturated rings. The van der Waals surface area contributed by atoms with Crippen LogP contribution in [0.25, 0.3) is 0 Å². The van der Waals surface area contributed by atoms with Gasteiger partial charge in [-0.3, -0.25) is 4.79 Å². The highest BCUT2D eigenvalue weighted by Crippen LogP contribution is 2.12. The average molecular weight is 143 g/mol. The topological polar surface area (TPSA) is 46.2 Å². The van der Waals surface area contributed by atoms with Crippen LogP contribution in [0.15, 0.2) is 0 Å². The highest BCUT2D eigenvalue weighted by Gasteiger charge is 2.46. The number of rotatable bonds is 0. The second-order valence-electron chi connectivity index (χ2n) is 3.01. The van der Waals surface area contributed by atoms with Gasteiger partial charge < -0.3 is 0 Å². The van der Waals surface area contributed by atoms with Crippen LogP contribution in [-0.4, -0.2) is 36.6 Å². The molecule has 10 heavy (non-hydrogen) atoms. The van der Waals surface area contributed by atoms with Crippen LogP contribution in [-0.2, 0) is 4.79 Å². The van der Waals surface area contributed by atoms with Gasteiger partial charge in [0.25, 0.3) is 5.91 Å². The van der Waals surface area contributed by atoms with Gasteiger partial charge in [-0.05, 0) is 6.92 Å². The molecule has 0 spiro atoms. The van der Waals surface area contributed by atoms with Gasteiger partial charge in [0.2, 0.25) is 0 Å². The molecule has 0 radical (unpaired) electrons. The van der Waals surface area contributed by atoms with Gasteiger partial charge in [0.1, 0.15) is 0 Å². The summed E-state index contributed by atoms with van der Waals surface area (Å²) in [7, 11) is 3.43. The molecule has 1 unspecified atom stereocenters. The number of carbonyl (C=O) groups is 2. The van der Waals surface area contributed by atoms with Crippen LogP contribution < -0.4 is 5.32 Å². The highest BCUT2D eigenvalue weighted by molar-refractivity contribution is 5.99. The van der Waals surface area contributed by atoms with Crippen LogP contribution in [0.5, 0.6) is 0 Å². The summed E-state index contributed by atoms with van der Waals surface area (Å²) in [5.41, 5.74) is 0. The van der Waals surface area contributed by atoms with E-state index in [1.54, 1.807) is 21.0 Å². The molecule has 0 aromatic carbocycles. The van der Waals surface area contributed by atoms with Crippen LogP contribution in [0.1, 0.15) is 6.92 Å². The molecule has 4 heteroatoms. The fraction of sp³-hybridized carbons (Fsp3) is 0.667. The fourth-order valence-corrected chi connectivity index (χ4v) is 0.823. The molecule has 1 aliphatic rings. The largest absolute Gasteiger partial charge is 0.423 e. The Hall–Kier alpha value is -0.900. The summed E-state index contributed by atoms with van der Waals surface area (Å²) in [6.07, 6.45) is 0. The van der Waals surface area contributed by atoms with Gasteiger partial charge in [0, 0.05) is 0 Å². The van der Waals surface area contributed by atoms with Gasteiger partial charge in [0.05, 0.1) is 14.1 Å². The van der Waals surface area contributed by atoms with Crippen molar-refractivity contribution in [1.29, 1.82) is 0 Å². The molecular formula is C6H11N2O2+. The molecule has 1 atom stereocenters. The van der Waals surface area contributed by atoms with E-state index in [4.69, 9.17) is 0 Å². The monoisotopic (exact) mass is 143 g/mol. The molecule has 0 bridgehead atoms. The van der Waals surface area contributed by atoms with E-state index in [-0.39, 0.29) is 22.5 Å². The number of quaternary nitrogens is 1. The normalized spacial score (nSPS) is 30.5. The molecule has 4 nitrogen and oxygen atoms in total. The van der Waals surface area contributed by atoms with Crippen LogP contribution >= 0.6 is 0 Å². The van der Waals surface area contributed by atoms with Crippen molar-refractivity contribution in [3.8, 4) is 0 Å². The SMILES string of the molecule is CC1C(=O)NC(=O)[N+]1(C)C. The second-order valence-corrected chi connectivity index (χ2v) is 3.01. The summed E-state index contributed by atoms with van der Waals surface area (Å²) in [4.78, 5) is 21.8. The third kappa shape index (κ3) is 0.724. The first-order valence-electron chi connectivity index (χ1n) is 3.15. The maximum Gasteiger partial charge on any atom is 0.423 e. The first kappa shape index (κ1) is 7.21. The second kappa shape index (κ2) is 1.79. The van der Waals surface area contributed by atoms with Crippen molar-refractivity contribution >= 4 is 11.9 Å². The van der Waals surface area contributed by atoms with Gasteiger partial charge in [0.15, 0.2) is 6.04 Å². The number of carbonyl (C=O) groups excluding carboxylic acids is 2. The zero-order valence-electron chi connectivity index (χ0n) is 6.34. The number of imide groups is 1. The van der Waals surface area contributed by atoms with Gasteiger partial charge in [-0.1, -0.05) is 0 Å². The lowest BCUT2D eigenvalue weighted by molar-refractivity contribution is -0.817. The Morgan fingerprint density at radius 3 is 2.00 bits per heavy atom. The Bertz CT molecular complexity index is 198. The number of hydrogen-bond acceptors (Lipinski definition) is 2. The predicted molar refractivity (Wildman–Crippen MR) is 35.1 cm³/mol. The Kier molecular flexibility index (Phi) is 1.29. The highest BCUT2D eigenvalue weighted by atomic mass is 16.2. The predicted octanol–water partition coefficient (Wildman–Crippen LogP) is -0.299. The number of urea groups is 1. The lowest BCUT2D eigenvalue weighted by Gasteiger charge is -2.21. The van der Waals surface area contributed by atoms with Crippen LogP contribution in [0.2, 0.25) is 0 Å². The summed E-state index contributed by atoms with van der Waals surface area (Å²) in [5, 5.41) is 2.25. The van der Waals surface area contributed by atoms with E-state index < -0.39 is 0 Å². The van der Waals surface area contributed by atoms with Crippen LogP contribution in [0, 0.1) is 0 Å². The molecule has 56 valence electrons. The molecule has 1 saturated heterocycles. The molecule has 0 aromatic heterocycles. The molecule has 1 heterocycles. The molecule has 0 aromatic rings. The Morgan fingerprint density at radius 1 is 1.40 bits per heavy atom. The van der Waals surface area contributed by atoms with Gasteiger partial charge in [-0.2, -0.15) is 0 Å². The molecule has 1 rings (SSSR count). The summed E-state index contributed by atoms with van der Waals surface area (Å²) in [5.74, 6) is -0.185. The maximum atomic E-state index is 11.0. The lowest BCUT2D eigenvalue weighted by atomic mass is 10.3. The number of likely N-dealkylation sites (N-methyl/N-ethyl adjacent to an activating group) is 1. The maximum absolute atomic E-state index is 11.0. The van der Waals surface area contributed by atoms with Crippen molar-refractivity contribution in [1.82, 2.24) is 5.32 Å². The fourth-order valence-electron chi connectivity index (χ4n) is 0.823. The van der Waals surface area contributed by atoms with E-state index in [0.717, 1.165) is 0 Å². The van der Waals surface area contributed by atoms with E-state index in [1.807, 2.05) is 0 Å². The molecule has 1 aliphatic heterocycles. The van der Waals surface area contributed by atoms with Crippen molar-refractivity contribution in [3.63, 3.8) is 0 Å². The van der Waals surface area contributed by atoms with Crippen LogP contribution in [0.4, 0.5) is 4.79 Å². The van der Waals surface area contributed by atoms with Gasteiger partial charge in [-0.15, -0.1) is 0 Å². The minimum absolute atomic E-state index is 0.110. The van der Waals surface area contributed by atoms with Crippen molar-refractivity contribution in [2.24, 2.45) is 0 Å². The number of nitrogens with one attached hydrogen (secondary N) is 1. The van der Waals surface area contributed by atoms with E-state index in [9.17, 15) is 9.59 Å². The first-order valence-corrected chi connectivity index (χ1v) is 3.15. The standard InChI is InChI=1S/C6H10N2O2/c1-4-5(9)7-6(10)8(4,2)3/h4H,1-3H3/p+1. The van der Waals surface area contributed by atoms with E-state index in [1.165, 1.54) is 0 Å². The zero-order valence-corrected chi connectivity index (χ0v) is 6.34. The van der Waals surface area contributed by atoms with Gasteiger partial charge in [-0.25, -0.2) is 14.6 Å². The Morgan fingerprint density at radius 2 is 1.90 bits per heavy atom. The van der Waals surface area contributed by atoms with Crippen molar-refractivity contribution in [2.45, 2.75) is 13.0 Å². The molecular weight excluding hydrogens is 132 g/mol. The van der Waals surface area contributed by atoms with Crippen molar-refractivity contribution in [2.75, 3.05) is 14.1 Å². The molecule has 0 aliphatic carbocycles. The minimum Gasteiger partial charge on any atom is -0.267 e. The van der Waals surface area contributed by atoms with Crippen LogP contribution in [0.3, 0.4) is 0 Å². The lowest BCUT2D eigenvalue weighted by Crippen LogP contribution is -2.47. The van der Waals surface area contributed by atoms with Crippen molar-refractivity contribution < 1.29 is 14.1 Å². The molecule has 3 amide bonds. The summed E-state index contributed by atoms with van der Waals surface area (Å²) >= 11 is 0. The Balaban J connectivity index is 2.96. The average Bonchev–Trinajstić information content (AvgIpc) is 1.97. The van der Waals surface area contributed by atoms with Crippen molar-refractivity contribution in [3.05, 3.63) is 0 Å². The van der Waals surface area contributed by atoms with Gasteiger partial charge >= 0.3 is 6.03 Å². The summed E-state index contributed by atoms with van der Waals surface area (Å²) < 4.78 is 0.110. The molecule has 1 N–H and O–H groups in total. The number of amides is 3. The minimum atomic E-state index is -0.257. The van der Waals surface area contributed by atoms with E-state index >= 15 is 0 Å². The number of nitrogens with zero attached hydrogens (tertiary/aromatic N) is 1. The van der Waals surface area contributed by atoms with E-state index in [0.29, 0.717) is 0 Å². The first-order chi connectivity index (χ1) is 4.46. The number of hydrogen-bond donors (Lipinski definition) is 1. The summed E-state index contributed by atoms with van der Waals surface area (Å²) in [6, 6.07) is -0.481.